The van der Waals surface area contributed by atoms with E-state index < -0.39 is 0 Å². The summed E-state index contributed by atoms with van der Waals surface area (Å²) in [5.41, 5.74) is 5.71. The summed E-state index contributed by atoms with van der Waals surface area (Å²) in [4.78, 5) is 11.7. The molecular formula is C21H26O3. The Morgan fingerprint density at radius 3 is 2.42 bits per heavy atom. The highest BCUT2D eigenvalue weighted by Crippen LogP contribution is 2.23. The second-order valence-electron chi connectivity index (χ2n) is 5.90. The van der Waals surface area contributed by atoms with Crippen molar-refractivity contribution in [1.29, 1.82) is 0 Å². The fraction of sp³-hybridized carbons (Fsp3) is 0.381. The molecule has 0 saturated carbocycles. The van der Waals surface area contributed by atoms with E-state index in [4.69, 9.17) is 9.47 Å². The first-order valence-electron chi connectivity index (χ1n) is 8.47. The molecule has 24 heavy (non-hydrogen) atoms. The molecule has 0 N–H and O–H groups in total. The highest BCUT2D eigenvalue weighted by atomic mass is 16.5. The third-order valence-electron chi connectivity index (χ3n) is 4.33. The van der Waals surface area contributed by atoms with Crippen LogP contribution in [0.5, 0.6) is 5.75 Å². The fourth-order valence-corrected chi connectivity index (χ4v) is 2.84. The molecule has 0 spiro atoms. The smallest absolute Gasteiger partial charge is 0.309 e. The van der Waals surface area contributed by atoms with E-state index in [9.17, 15) is 4.79 Å². The summed E-state index contributed by atoms with van der Waals surface area (Å²) >= 11 is 0. The van der Waals surface area contributed by atoms with Crippen LogP contribution in [0.25, 0.3) is 0 Å². The van der Waals surface area contributed by atoms with Crippen LogP contribution in [0.2, 0.25) is 0 Å². The monoisotopic (exact) mass is 326 g/mol. The Kier molecular flexibility index (Phi) is 6.42. The van der Waals surface area contributed by atoms with Crippen molar-refractivity contribution < 1.29 is 14.3 Å². The van der Waals surface area contributed by atoms with Crippen LogP contribution in [0.4, 0.5) is 0 Å². The van der Waals surface area contributed by atoms with Gasteiger partial charge < -0.3 is 9.47 Å². The van der Waals surface area contributed by atoms with Crippen molar-refractivity contribution in [1.82, 2.24) is 0 Å². The standard InChI is InChI=1S/C21H26O3/c1-5-16-10-11-20(15(3)12-16)24-14-19-17(6-2)8-7-9-18(19)13-21(22)23-4/h7-12H,5-6,13-14H2,1-4H3. The molecule has 0 aliphatic carbocycles. The average molecular weight is 326 g/mol. The van der Waals surface area contributed by atoms with Gasteiger partial charge in [0.1, 0.15) is 12.4 Å². The third kappa shape index (κ3) is 4.38. The molecule has 0 bridgehead atoms. The Bertz CT molecular complexity index is 704. The van der Waals surface area contributed by atoms with E-state index in [2.05, 4.69) is 39.0 Å². The number of ether oxygens (including phenoxy) is 2. The summed E-state index contributed by atoms with van der Waals surface area (Å²) in [6.07, 6.45) is 2.20. The molecule has 0 aromatic heterocycles. The molecule has 0 aliphatic rings. The first-order valence-corrected chi connectivity index (χ1v) is 8.47. The number of hydrogen-bond donors (Lipinski definition) is 0. The molecule has 2 aromatic rings. The van der Waals surface area contributed by atoms with Gasteiger partial charge >= 0.3 is 5.97 Å². The highest BCUT2D eigenvalue weighted by molar-refractivity contribution is 5.73. The first kappa shape index (κ1) is 18.1. The van der Waals surface area contributed by atoms with Crippen molar-refractivity contribution in [3.8, 4) is 5.75 Å². The van der Waals surface area contributed by atoms with E-state index in [-0.39, 0.29) is 12.4 Å². The van der Waals surface area contributed by atoms with E-state index in [1.807, 2.05) is 18.2 Å². The zero-order valence-corrected chi connectivity index (χ0v) is 15.0. The van der Waals surface area contributed by atoms with Gasteiger partial charge in [-0.05, 0) is 53.6 Å². The molecular weight excluding hydrogens is 300 g/mol. The Hall–Kier alpha value is -2.29. The molecule has 2 rings (SSSR count). The SMILES string of the molecule is CCc1ccc(OCc2c(CC)cccc2CC(=O)OC)c(C)c1. The van der Waals surface area contributed by atoms with Crippen LogP contribution in [0, 0.1) is 6.92 Å². The van der Waals surface area contributed by atoms with Crippen molar-refractivity contribution in [2.24, 2.45) is 0 Å². The molecule has 0 amide bonds. The van der Waals surface area contributed by atoms with E-state index in [1.165, 1.54) is 18.2 Å². The van der Waals surface area contributed by atoms with Gasteiger partial charge in [0.05, 0.1) is 13.5 Å². The summed E-state index contributed by atoms with van der Waals surface area (Å²) in [5, 5.41) is 0. The number of rotatable bonds is 7. The van der Waals surface area contributed by atoms with E-state index in [1.54, 1.807) is 0 Å². The van der Waals surface area contributed by atoms with Gasteiger partial charge in [-0.25, -0.2) is 0 Å². The fourth-order valence-electron chi connectivity index (χ4n) is 2.84. The quantitative estimate of drug-likeness (QED) is 0.707. The predicted octanol–water partition coefficient (Wildman–Crippen LogP) is 4.41. The Balaban J connectivity index is 2.23. The zero-order valence-electron chi connectivity index (χ0n) is 15.0. The third-order valence-corrected chi connectivity index (χ3v) is 4.33. The molecule has 3 nitrogen and oxygen atoms in total. The van der Waals surface area contributed by atoms with Crippen molar-refractivity contribution in [3.05, 3.63) is 64.2 Å². The lowest BCUT2D eigenvalue weighted by molar-refractivity contribution is -0.139. The summed E-state index contributed by atoms with van der Waals surface area (Å²) in [6, 6.07) is 12.3. The normalized spacial score (nSPS) is 10.5. The summed E-state index contributed by atoms with van der Waals surface area (Å²) in [5.74, 6) is 0.662. The van der Waals surface area contributed by atoms with E-state index in [0.29, 0.717) is 6.61 Å². The molecule has 0 aliphatic heterocycles. The van der Waals surface area contributed by atoms with E-state index >= 15 is 0 Å². The second-order valence-corrected chi connectivity index (χ2v) is 5.90. The summed E-state index contributed by atoms with van der Waals surface area (Å²) in [6.45, 7) is 6.78. The van der Waals surface area contributed by atoms with Gasteiger partial charge in [-0.3, -0.25) is 4.79 Å². The molecule has 0 heterocycles. The van der Waals surface area contributed by atoms with Crippen molar-refractivity contribution in [2.45, 2.75) is 46.6 Å². The maximum Gasteiger partial charge on any atom is 0.309 e. The molecule has 2 aromatic carbocycles. The number of aryl methyl sites for hydroxylation is 3. The minimum Gasteiger partial charge on any atom is -0.489 e. The van der Waals surface area contributed by atoms with Gasteiger partial charge in [-0.15, -0.1) is 0 Å². The zero-order chi connectivity index (χ0) is 17.5. The van der Waals surface area contributed by atoms with Crippen LogP contribution >= 0.6 is 0 Å². The lowest BCUT2D eigenvalue weighted by atomic mass is 9.97. The summed E-state index contributed by atoms with van der Waals surface area (Å²) < 4.78 is 10.9. The van der Waals surface area contributed by atoms with Gasteiger partial charge in [-0.2, -0.15) is 0 Å². The highest BCUT2D eigenvalue weighted by Gasteiger charge is 2.12. The van der Waals surface area contributed by atoms with Crippen molar-refractivity contribution >= 4 is 5.97 Å². The van der Waals surface area contributed by atoms with Gasteiger partial charge in [0.25, 0.3) is 0 Å². The molecule has 0 unspecified atom stereocenters. The largest absolute Gasteiger partial charge is 0.489 e. The number of carbonyl (C=O) groups is 1. The molecule has 3 heteroatoms. The minimum absolute atomic E-state index is 0.229. The number of carbonyl (C=O) groups excluding carboxylic acids is 1. The van der Waals surface area contributed by atoms with Crippen molar-refractivity contribution in [2.75, 3.05) is 7.11 Å². The van der Waals surface area contributed by atoms with Crippen LogP contribution in [-0.4, -0.2) is 13.1 Å². The molecule has 0 radical (unpaired) electrons. The van der Waals surface area contributed by atoms with Crippen LogP contribution < -0.4 is 4.74 Å². The number of benzene rings is 2. The maximum atomic E-state index is 11.7. The number of esters is 1. The van der Waals surface area contributed by atoms with Crippen LogP contribution in [0.1, 0.15) is 41.7 Å². The topological polar surface area (TPSA) is 35.5 Å². The maximum absolute atomic E-state index is 11.7. The Labute approximate surface area is 144 Å². The lowest BCUT2D eigenvalue weighted by Crippen LogP contribution is -2.10. The Morgan fingerprint density at radius 1 is 1.04 bits per heavy atom. The molecule has 0 saturated heterocycles. The molecule has 128 valence electrons. The van der Waals surface area contributed by atoms with Crippen LogP contribution in [0.15, 0.2) is 36.4 Å². The van der Waals surface area contributed by atoms with Gasteiger partial charge in [0, 0.05) is 0 Å². The average Bonchev–Trinajstić information content (AvgIpc) is 2.60. The van der Waals surface area contributed by atoms with Gasteiger partial charge in [-0.1, -0.05) is 44.2 Å². The molecule has 0 fully saturated rings. The summed E-state index contributed by atoms with van der Waals surface area (Å²) in [7, 11) is 1.42. The minimum atomic E-state index is -0.229. The lowest BCUT2D eigenvalue weighted by Gasteiger charge is -2.16. The van der Waals surface area contributed by atoms with E-state index in [0.717, 1.165) is 35.3 Å². The number of methoxy groups -OCH3 is 1. The number of hydrogen-bond acceptors (Lipinski definition) is 3. The Morgan fingerprint density at radius 2 is 1.79 bits per heavy atom. The van der Waals surface area contributed by atoms with Gasteiger partial charge in [0.2, 0.25) is 0 Å². The second kappa shape index (κ2) is 8.53. The van der Waals surface area contributed by atoms with Crippen LogP contribution in [-0.2, 0) is 35.4 Å². The molecule has 0 atom stereocenters. The first-order chi connectivity index (χ1) is 11.6. The predicted molar refractivity (Wildman–Crippen MR) is 96.4 cm³/mol. The van der Waals surface area contributed by atoms with Crippen LogP contribution in [0.3, 0.4) is 0 Å². The van der Waals surface area contributed by atoms with Crippen molar-refractivity contribution in [3.63, 3.8) is 0 Å². The van der Waals surface area contributed by atoms with Gasteiger partial charge in [0.15, 0.2) is 0 Å².